The zero-order valence-electron chi connectivity index (χ0n) is 17.1. The van der Waals surface area contributed by atoms with Gasteiger partial charge in [0, 0.05) is 38.6 Å². The van der Waals surface area contributed by atoms with Crippen molar-refractivity contribution in [2.24, 2.45) is 0 Å². The van der Waals surface area contributed by atoms with Crippen molar-refractivity contribution < 1.29 is 8.91 Å². The second kappa shape index (κ2) is 8.66. The van der Waals surface area contributed by atoms with Gasteiger partial charge < -0.3 is 4.52 Å². The molecule has 1 saturated heterocycles. The van der Waals surface area contributed by atoms with E-state index in [1.165, 1.54) is 36.1 Å². The number of hydrogen-bond acceptors (Lipinski definition) is 5. The molecule has 30 heavy (non-hydrogen) atoms. The Morgan fingerprint density at radius 1 is 1.00 bits per heavy atom. The first-order chi connectivity index (χ1) is 14.7. The molecule has 0 radical (unpaired) electrons. The standard InChI is InChI=1S/C24H27FN4O/c25-21-7-3-4-18(14-21)15-23-26-24(30-27-23)17-28-11-9-22(10-12-28)29-13-8-19-5-1-2-6-20(19)16-29/h1-7,14,22H,8-13,15-17H2. The van der Waals surface area contributed by atoms with Crippen LogP contribution in [0.4, 0.5) is 4.39 Å². The van der Waals surface area contributed by atoms with Gasteiger partial charge in [-0.25, -0.2) is 4.39 Å². The molecule has 156 valence electrons. The molecule has 5 nitrogen and oxygen atoms in total. The predicted octanol–water partition coefficient (Wildman–Crippen LogP) is 3.82. The van der Waals surface area contributed by atoms with E-state index in [-0.39, 0.29) is 5.82 Å². The number of likely N-dealkylation sites (tertiary alicyclic amines) is 1. The molecule has 0 amide bonds. The molecule has 0 aliphatic carbocycles. The lowest BCUT2D eigenvalue weighted by Crippen LogP contribution is -2.46. The maximum absolute atomic E-state index is 13.3. The monoisotopic (exact) mass is 406 g/mol. The van der Waals surface area contributed by atoms with Crippen LogP contribution in [-0.2, 0) is 25.9 Å². The van der Waals surface area contributed by atoms with Crippen LogP contribution in [0.15, 0.2) is 53.1 Å². The molecular formula is C24H27FN4O. The van der Waals surface area contributed by atoms with Crippen molar-refractivity contribution in [3.63, 3.8) is 0 Å². The summed E-state index contributed by atoms with van der Waals surface area (Å²) in [6, 6.07) is 16.0. The summed E-state index contributed by atoms with van der Waals surface area (Å²) in [7, 11) is 0. The van der Waals surface area contributed by atoms with E-state index in [0.717, 1.165) is 38.2 Å². The van der Waals surface area contributed by atoms with Gasteiger partial charge in [-0.3, -0.25) is 9.80 Å². The number of fused-ring (bicyclic) bond motifs is 1. The van der Waals surface area contributed by atoms with Crippen LogP contribution < -0.4 is 0 Å². The maximum Gasteiger partial charge on any atom is 0.240 e. The topological polar surface area (TPSA) is 45.4 Å². The van der Waals surface area contributed by atoms with E-state index in [0.29, 0.717) is 30.7 Å². The van der Waals surface area contributed by atoms with E-state index < -0.39 is 0 Å². The summed E-state index contributed by atoms with van der Waals surface area (Å²) >= 11 is 0. The Bertz CT molecular complexity index is 996. The van der Waals surface area contributed by atoms with Gasteiger partial charge in [0.2, 0.25) is 5.89 Å². The zero-order chi connectivity index (χ0) is 20.3. The first-order valence-corrected chi connectivity index (χ1v) is 10.8. The average Bonchev–Trinajstić information content (AvgIpc) is 3.20. The summed E-state index contributed by atoms with van der Waals surface area (Å²) < 4.78 is 18.8. The van der Waals surface area contributed by atoms with Crippen LogP contribution in [0.1, 0.15) is 41.2 Å². The molecule has 2 aliphatic rings. The Labute approximate surface area is 176 Å². The molecule has 0 spiro atoms. The van der Waals surface area contributed by atoms with E-state index in [1.54, 1.807) is 6.07 Å². The van der Waals surface area contributed by atoms with Gasteiger partial charge in [0.05, 0.1) is 6.54 Å². The van der Waals surface area contributed by atoms with Gasteiger partial charge in [0.25, 0.3) is 0 Å². The fraction of sp³-hybridized carbons (Fsp3) is 0.417. The van der Waals surface area contributed by atoms with Gasteiger partial charge in [-0.2, -0.15) is 4.98 Å². The number of rotatable bonds is 5. The lowest BCUT2D eigenvalue weighted by atomic mass is 9.95. The molecule has 3 aromatic rings. The van der Waals surface area contributed by atoms with Crippen LogP contribution in [0, 0.1) is 5.82 Å². The molecule has 1 fully saturated rings. The number of hydrogen-bond donors (Lipinski definition) is 0. The minimum Gasteiger partial charge on any atom is -0.338 e. The summed E-state index contributed by atoms with van der Waals surface area (Å²) in [6.07, 6.45) is 3.99. The Morgan fingerprint density at radius 2 is 1.83 bits per heavy atom. The van der Waals surface area contributed by atoms with Crippen LogP contribution in [0.2, 0.25) is 0 Å². The lowest BCUT2D eigenvalue weighted by Gasteiger charge is -2.40. The summed E-state index contributed by atoms with van der Waals surface area (Å²) in [4.78, 5) is 9.56. The number of piperidine rings is 1. The van der Waals surface area contributed by atoms with Gasteiger partial charge in [-0.1, -0.05) is 41.6 Å². The number of nitrogens with zero attached hydrogens (tertiary/aromatic N) is 4. The normalized spacial score (nSPS) is 18.4. The molecule has 0 bridgehead atoms. The second-order valence-corrected chi connectivity index (χ2v) is 8.41. The summed E-state index contributed by atoms with van der Waals surface area (Å²) in [5.41, 5.74) is 3.85. The third-order valence-corrected chi connectivity index (χ3v) is 6.35. The highest BCUT2D eigenvalue weighted by Crippen LogP contribution is 2.25. The molecule has 2 aromatic carbocycles. The first kappa shape index (κ1) is 19.4. The van der Waals surface area contributed by atoms with Crippen LogP contribution in [0.25, 0.3) is 0 Å². The molecule has 3 heterocycles. The SMILES string of the molecule is Fc1cccc(Cc2noc(CN3CCC(N4CCc5ccccc5C4)CC3)n2)c1. The zero-order valence-corrected chi connectivity index (χ0v) is 17.1. The van der Waals surface area contributed by atoms with Crippen molar-refractivity contribution in [2.75, 3.05) is 19.6 Å². The van der Waals surface area contributed by atoms with Gasteiger partial charge in [0.1, 0.15) is 5.82 Å². The summed E-state index contributed by atoms with van der Waals surface area (Å²) in [5, 5.41) is 4.07. The molecule has 6 heteroatoms. The molecule has 1 aromatic heterocycles. The Balaban J connectivity index is 1.12. The van der Waals surface area contributed by atoms with Gasteiger partial charge in [0.15, 0.2) is 5.82 Å². The Kier molecular flexibility index (Phi) is 5.60. The van der Waals surface area contributed by atoms with E-state index in [2.05, 4.69) is 44.2 Å². The number of halogens is 1. The Morgan fingerprint density at radius 3 is 2.67 bits per heavy atom. The maximum atomic E-state index is 13.3. The molecule has 0 saturated carbocycles. The number of benzene rings is 2. The van der Waals surface area contributed by atoms with Crippen molar-refractivity contribution in [1.29, 1.82) is 0 Å². The minimum atomic E-state index is -0.240. The van der Waals surface area contributed by atoms with Gasteiger partial charge >= 0.3 is 0 Å². The van der Waals surface area contributed by atoms with Crippen LogP contribution in [-0.4, -0.2) is 45.6 Å². The van der Waals surface area contributed by atoms with Crippen LogP contribution in [0.5, 0.6) is 0 Å². The first-order valence-electron chi connectivity index (χ1n) is 10.8. The average molecular weight is 407 g/mol. The smallest absolute Gasteiger partial charge is 0.240 e. The molecule has 0 unspecified atom stereocenters. The molecule has 0 atom stereocenters. The number of aromatic nitrogens is 2. The third-order valence-electron chi connectivity index (χ3n) is 6.35. The third kappa shape index (κ3) is 4.45. The quantitative estimate of drug-likeness (QED) is 0.645. The summed E-state index contributed by atoms with van der Waals surface area (Å²) in [5.74, 6) is 1.01. The predicted molar refractivity (Wildman–Crippen MR) is 112 cm³/mol. The van der Waals surface area contributed by atoms with Crippen LogP contribution in [0.3, 0.4) is 0 Å². The van der Waals surface area contributed by atoms with E-state index in [4.69, 9.17) is 4.52 Å². The van der Waals surface area contributed by atoms with Crippen molar-refractivity contribution in [3.05, 3.63) is 82.8 Å². The van der Waals surface area contributed by atoms with Crippen molar-refractivity contribution in [3.8, 4) is 0 Å². The summed E-state index contributed by atoms with van der Waals surface area (Å²) in [6.45, 7) is 5.02. The fourth-order valence-electron chi connectivity index (χ4n) is 4.72. The minimum absolute atomic E-state index is 0.240. The molecule has 2 aliphatic heterocycles. The van der Waals surface area contributed by atoms with Crippen LogP contribution >= 0.6 is 0 Å². The second-order valence-electron chi connectivity index (χ2n) is 8.41. The molecule has 5 rings (SSSR count). The highest BCUT2D eigenvalue weighted by atomic mass is 19.1. The van der Waals surface area contributed by atoms with E-state index in [1.807, 2.05) is 6.07 Å². The van der Waals surface area contributed by atoms with Crippen molar-refractivity contribution >= 4 is 0 Å². The molecular weight excluding hydrogens is 379 g/mol. The highest BCUT2D eigenvalue weighted by Gasteiger charge is 2.27. The molecule has 0 N–H and O–H groups in total. The van der Waals surface area contributed by atoms with Crippen molar-refractivity contribution in [2.45, 2.75) is 44.8 Å². The van der Waals surface area contributed by atoms with Gasteiger partial charge in [-0.15, -0.1) is 0 Å². The highest BCUT2D eigenvalue weighted by molar-refractivity contribution is 5.29. The van der Waals surface area contributed by atoms with Crippen molar-refractivity contribution in [1.82, 2.24) is 19.9 Å². The Hall–Kier alpha value is -2.57. The fourth-order valence-corrected chi connectivity index (χ4v) is 4.72. The van der Waals surface area contributed by atoms with E-state index in [9.17, 15) is 4.39 Å². The largest absolute Gasteiger partial charge is 0.338 e. The van der Waals surface area contributed by atoms with Gasteiger partial charge in [-0.05, 0) is 48.1 Å². The lowest BCUT2D eigenvalue weighted by molar-refractivity contribution is 0.0894. The van der Waals surface area contributed by atoms with E-state index >= 15 is 0 Å².